The van der Waals surface area contributed by atoms with Gasteiger partial charge in [0.15, 0.2) is 11.6 Å². The first-order valence-corrected chi connectivity index (χ1v) is 9.11. The SMILES string of the molecule is COC(=O)C1CC(Oc2ccccc2F)CN1C(=O)CNC(=O)c1ccccc1. The van der Waals surface area contributed by atoms with Gasteiger partial charge in [0.25, 0.3) is 5.91 Å². The number of carbonyl (C=O) groups excluding carboxylic acids is 3. The van der Waals surface area contributed by atoms with Gasteiger partial charge in [0, 0.05) is 12.0 Å². The van der Waals surface area contributed by atoms with E-state index in [0.29, 0.717) is 5.56 Å². The van der Waals surface area contributed by atoms with E-state index in [1.807, 2.05) is 0 Å². The number of benzene rings is 2. The highest BCUT2D eigenvalue weighted by molar-refractivity contribution is 5.97. The van der Waals surface area contributed by atoms with Crippen LogP contribution in [0.3, 0.4) is 0 Å². The summed E-state index contributed by atoms with van der Waals surface area (Å²) in [7, 11) is 1.23. The van der Waals surface area contributed by atoms with Crippen LogP contribution < -0.4 is 10.1 Å². The molecule has 1 aliphatic rings. The van der Waals surface area contributed by atoms with E-state index < -0.39 is 35.7 Å². The number of amides is 2. The number of ether oxygens (including phenoxy) is 2. The van der Waals surface area contributed by atoms with Crippen molar-refractivity contribution in [3.8, 4) is 5.75 Å². The van der Waals surface area contributed by atoms with Gasteiger partial charge in [-0.2, -0.15) is 0 Å². The molecule has 8 heteroatoms. The lowest BCUT2D eigenvalue weighted by atomic mass is 10.2. The molecule has 3 rings (SSSR count). The average molecular weight is 400 g/mol. The van der Waals surface area contributed by atoms with E-state index in [1.165, 1.54) is 24.1 Å². The molecule has 2 aromatic rings. The number of nitrogens with zero attached hydrogens (tertiary/aromatic N) is 1. The molecule has 2 unspecified atom stereocenters. The molecule has 0 aromatic heterocycles. The first-order chi connectivity index (χ1) is 14.0. The Balaban J connectivity index is 1.65. The Morgan fingerprint density at radius 2 is 1.79 bits per heavy atom. The third-order valence-electron chi connectivity index (χ3n) is 4.62. The number of para-hydroxylation sites is 1. The molecule has 2 amide bonds. The standard InChI is InChI=1S/C21H21FN2O5/c1-28-21(27)17-11-15(29-18-10-6-5-9-16(18)22)13-24(17)19(25)12-23-20(26)14-7-3-2-4-8-14/h2-10,15,17H,11-13H2,1H3,(H,23,26). The van der Waals surface area contributed by atoms with Gasteiger partial charge in [-0.15, -0.1) is 0 Å². The van der Waals surface area contributed by atoms with Crippen molar-refractivity contribution in [2.24, 2.45) is 0 Å². The topological polar surface area (TPSA) is 84.9 Å². The lowest BCUT2D eigenvalue weighted by Gasteiger charge is -2.22. The summed E-state index contributed by atoms with van der Waals surface area (Å²) < 4.78 is 24.3. The van der Waals surface area contributed by atoms with Gasteiger partial charge in [-0.3, -0.25) is 9.59 Å². The number of hydrogen-bond donors (Lipinski definition) is 1. The van der Waals surface area contributed by atoms with E-state index in [2.05, 4.69) is 5.32 Å². The smallest absolute Gasteiger partial charge is 0.328 e. The summed E-state index contributed by atoms with van der Waals surface area (Å²) in [6, 6.07) is 13.5. The summed E-state index contributed by atoms with van der Waals surface area (Å²) in [5.74, 6) is -1.92. The Morgan fingerprint density at radius 1 is 1.10 bits per heavy atom. The summed E-state index contributed by atoms with van der Waals surface area (Å²) in [6.07, 6.45) is -0.413. The Bertz CT molecular complexity index is 890. The van der Waals surface area contributed by atoms with Crippen molar-refractivity contribution in [3.05, 3.63) is 66.0 Å². The fourth-order valence-corrected chi connectivity index (χ4v) is 3.19. The van der Waals surface area contributed by atoms with Crippen molar-refractivity contribution in [1.82, 2.24) is 10.2 Å². The lowest BCUT2D eigenvalue weighted by Crippen LogP contribution is -2.46. The van der Waals surface area contributed by atoms with Gasteiger partial charge in [0.1, 0.15) is 12.1 Å². The second-order valence-corrected chi connectivity index (χ2v) is 6.54. The Labute approximate surface area is 167 Å². The van der Waals surface area contributed by atoms with Gasteiger partial charge in [-0.1, -0.05) is 30.3 Å². The summed E-state index contributed by atoms with van der Waals surface area (Å²) in [6.45, 7) is -0.207. The van der Waals surface area contributed by atoms with E-state index >= 15 is 0 Å². The van der Waals surface area contributed by atoms with E-state index in [4.69, 9.17) is 9.47 Å². The Morgan fingerprint density at radius 3 is 2.48 bits per heavy atom. The normalized spacial score (nSPS) is 18.2. The molecule has 1 heterocycles. The minimum absolute atomic E-state index is 0.0489. The Hall–Kier alpha value is -3.42. The predicted molar refractivity (Wildman–Crippen MR) is 102 cm³/mol. The third-order valence-corrected chi connectivity index (χ3v) is 4.62. The molecule has 7 nitrogen and oxygen atoms in total. The molecule has 0 spiro atoms. The van der Waals surface area contributed by atoms with Crippen molar-refractivity contribution in [2.75, 3.05) is 20.2 Å². The molecule has 1 aliphatic heterocycles. The summed E-state index contributed by atoms with van der Waals surface area (Å²) in [4.78, 5) is 38.2. The van der Waals surface area contributed by atoms with Crippen molar-refractivity contribution in [1.29, 1.82) is 0 Å². The maximum atomic E-state index is 13.8. The van der Waals surface area contributed by atoms with Crippen LogP contribution in [0.2, 0.25) is 0 Å². The number of halogens is 1. The van der Waals surface area contributed by atoms with Crippen LogP contribution in [0.15, 0.2) is 54.6 Å². The fourth-order valence-electron chi connectivity index (χ4n) is 3.19. The second-order valence-electron chi connectivity index (χ2n) is 6.54. The quantitative estimate of drug-likeness (QED) is 0.748. The number of likely N-dealkylation sites (tertiary alicyclic amines) is 1. The highest BCUT2D eigenvalue weighted by atomic mass is 19.1. The molecule has 2 aromatic carbocycles. The maximum absolute atomic E-state index is 13.8. The van der Waals surface area contributed by atoms with Crippen LogP contribution in [0.25, 0.3) is 0 Å². The van der Waals surface area contributed by atoms with Gasteiger partial charge in [-0.25, -0.2) is 9.18 Å². The number of nitrogens with one attached hydrogen (secondary N) is 1. The van der Waals surface area contributed by atoms with Crippen LogP contribution in [0.1, 0.15) is 16.8 Å². The second kappa shape index (κ2) is 9.18. The first-order valence-electron chi connectivity index (χ1n) is 9.11. The zero-order valence-electron chi connectivity index (χ0n) is 15.8. The van der Waals surface area contributed by atoms with Crippen molar-refractivity contribution < 1.29 is 28.2 Å². The van der Waals surface area contributed by atoms with Gasteiger partial charge >= 0.3 is 5.97 Å². The van der Waals surface area contributed by atoms with Gasteiger partial charge in [0.2, 0.25) is 5.91 Å². The van der Waals surface area contributed by atoms with Gasteiger partial charge in [0.05, 0.1) is 20.2 Å². The molecule has 0 saturated carbocycles. The Kier molecular flexibility index (Phi) is 6.43. The molecule has 1 fully saturated rings. The van der Waals surface area contributed by atoms with Crippen molar-refractivity contribution in [2.45, 2.75) is 18.6 Å². The molecule has 1 saturated heterocycles. The maximum Gasteiger partial charge on any atom is 0.328 e. The van der Waals surface area contributed by atoms with E-state index in [0.717, 1.165) is 0 Å². The zero-order chi connectivity index (χ0) is 20.8. The van der Waals surface area contributed by atoms with E-state index in [1.54, 1.807) is 42.5 Å². The van der Waals surface area contributed by atoms with Crippen LogP contribution in [0.4, 0.5) is 4.39 Å². The summed E-state index contributed by atoms with van der Waals surface area (Å²) in [5.41, 5.74) is 0.423. The third kappa shape index (κ3) is 4.90. The molecular formula is C21H21FN2O5. The van der Waals surface area contributed by atoms with Crippen LogP contribution in [0, 0.1) is 5.82 Å². The van der Waals surface area contributed by atoms with Gasteiger partial charge in [-0.05, 0) is 24.3 Å². The van der Waals surface area contributed by atoms with Crippen LogP contribution in [-0.2, 0) is 14.3 Å². The number of rotatable bonds is 6. The molecule has 1 N–H and O–H groups in total. The number of hydrogen-bond acceptors (Lipinski definition) is 5. The summed E-state index contributed by atoms with van der Waals surface area (Å²) >= 11 is 0. The number of carbonyl (C=O) groups is 3. The molecule has 0 radical (unpaired) electrons. The monoisotopic (exact) mass is 400 g/mol. The van der Waals surface area contributed by atoms with Crippen LogP contribution in [0.5, 0.6) is 5.75 Å². The van der Waals surface area contributed by atoms with Crippen molar-refractivity contribution in [3.63, 3.8) is 0 Å². The molecule has 0 aliphatic carbocycles. The summed E-state index contributed by atoms with van der Waals surface area (Å²) in [5, 5.41) is 2.54. The minimum Gasteiger partial charge on any atom is -0.485 e. The fraction of sp³-hybridized carbons (Fsp3) is 0.286. The molecule has 2 atom stereocenters. The van der Waals surface area contributed by atoms with Gasteiger partial charge < -0.3 is 19.7 Å². The average Bonchev–Trinajstić information content (AvgIpc) is 3.17. The van der Waals surface area contributed by atoms with Crippen LogP contribution >= 0.6 is 0 Å². The number of esters is 1. The highest BCUT2D eigenvalue weighted by Gasteiger charge is 2.41. The minimum atomic E-state index is -0.863. The first kappa shape index (κ1) is 20.3. The molecule has 29 heavy (non-hydrogen) atoms. The van der Waals surface area contributed by atoms with E-state index in [-0.39, 0.29) is 25.3 Å². The molecule has 0 bridgehead atoms. The molecular weight excluding hydrogens is 379 g/mol. The van der Waals surface area contributed by atoms with Crippen molar-refractivity contribution >= 4 is 17.8 Å². The number of methoxy groups -OCH3 is 1. The predicted octanol–water partition coefficient (Wildman–Crippen LogP) is 1.78. The van der Waals surface area contributed by atoms with E-state index in [9.17, 15) is 18.8 Å². The lowest BCUT2D eigenvalue weighted by molar-refractivity contribution is -0.150. The van der Waals surface area contributed by atoms with Crippen LogP contribution in [-0.4, -0.2) is 55.0 Å². The zero-order valence-corrected chi connectivity index (χ0v) is 15.8. The highest BCUT2D eigenvalue weighted by Crippen LogP contribution is 2.25. The largest absolute Gasteiger partial charge is 0.485 e. The molecule has 152 valence electrons.